The smallest absolute Gasteiger partial charge is 0.184 e. The van der Waals surface area contributed by atoms with Gasteiger partial charge in [0.25, 0.3) is 0 Å². The average molecular weight is 261 g/mol. The first-order valence-corrected chi connectivity index (χ1v) is 6.23. The zero-order valence-corrected chi connectivity index (χ0v) is 11.5. The van der Waals surface area contributed by atoms with Crippen LogP contribution in [-0.2, 0) is 11.3 Å². The first kappa shape index (κ1) is 13.5. The second kappa shape index (κ2) is 5.79. The fraction of sp³-hybridized carbons (Fsp3) is 0.462. The highest BCUT2D eigenvalue weighted by molar-refractivity contribution is 5.71. The molecule has 1 aromatic carbocycles. The van der Waals surface area contributed by atoms with Crippen molar-refractivity contribution in [1.82, 2.24) is 20.2 Å². The number of nitrogens with two attached hydrogens (primary N) is 1. The van der Waals surface area contributed by atoms with Crippen molar-refractivity contribution in [1.29, 1.82) is 0 Å². The molecule has 1 atom stereocenters. The van der Waals surface area contributed by atoms with Gasteiger partial charge in [-0.2, -0.15) is 0 Å². The SMILES string of the molecule is COCC(C)Cn1nnnc1-c1cc(C)ccc1N. The lowest BCUT2D eigenvalue weighted by Gasteiger charge is -2.12. The lowest BCUT2D eigenvalue weighted by molar-refractivity contribution is 0.149. The maximum Gasteiger partial charge on any atom is 0.184 e. The predicted octanol–water partition coefficient (Wildman–Crippen LogP) is 1.51. The molecule has 6 heteroatoms. The molecule has 0 amide bonds. The summed E-state index contributed by atoms with van der Waals surface area (Å²) in [7, 11) is 1.69. The van der Waals surface area contributed by atoms with Gasteiger partial charge in [0.15, 0.2) is 5.82 Å². The lowest BCUT2D eigenvalue weighted by Crippen LogP contribution is -2.15. The van der Waals surface area contributed by atoms with E-state index in [1.54, 1.807) is 11.8 Å². The van der Waals surface area contributed by atoms with Gasteiger partial charge in [0.2, 0.25) is 0 Å². The average Bonchev–Trinajstić information content (AvgIpc) is 2.80. The van der Waals surface area contributed by atoms with Gasteiger partial charge < -0.3 is 10.5 Å². The maximum absolute atomic E-state index is 6.01. The van der Waals surface area contributed by atoms with Gasteiger partial charge in [-0.1, -0.05) is 18.6 Å². The Hall–Kier alpha value is -1.95. The molecule has 0 saturated carbocycles. The number of anilines is 1. The van der Waals surface area contributed by atoms with Crippen molar-refractivity contribution in [2.24, 2.45) is 5.92 Å². The van der Waals surface area contributed by atoms with Gasteiger partial charge >= 0.3 is 0 Å². The molecule has 2 rings (SSSR count). The maximum atomic E-state index is 6.01. The Labute approximate surface area is 112 Å². The van der Waals surface area contributed by atoms with Gasteiger partial charge in [-0.05, 0) is 35.4 Å². The van der Waals surface area contributed by atoms with E-state index in [0.29, 0.717) is 30.6 Å². The van der Waals surface area contributed by atoms with Crippen LogP contribution in [0.2, 0.25) is 0 Å². The van der Waals surface area contributed by atoms with E-state index in [-0.39, 0.29) is 0 Å². The third-order valence-electron chi connectivity index (χ3n) is 2.92. The van der Waals surface area contributed by atoms with E-state index in [1.165, 1.54) is 0 Å². The lowest BCUT2D eigenvalue weighted by atomic mass is 10.1. The molecule has 102 valence electrons. The van der Waals surface area contributed by atoms with Crippen LogP contribution in [0, 0.1) is 12.8 Å². The third-order valence-corrected chi connectivity index (χ3v) is 2.92. The Morgan fingerprint density at radius 3 is 2.95 bits per heavy atom. The molecular formula is C13H19N5O. The van der Waals surface area contributed by atoms with Crippen LogP contribution in [0.5, 0.6) is 0 Å². The van der Waals surface area contributed by atoms with Crippen molar-refractivity contribution >= 4 is 5.69 Å². The molecule has 0 fully saturated rings. The second-order valence-electron chi connectivity index (χ2n) is 4.84. The number of nitrogen functional groups attached to an aromatic ring is 1. The molecule has 0 bridgehead atoms. The van der Waals surface area contributed by atoms with E-state index >= 15 is 0 Å². The van der Waals surface area contributed by atoms with Crippen molar-refractivity contribution in [2.75, 3.05) is 19.5 Å². The van der Waals surface area contributed by atoms with E-state index in [2.05, 4.69) is 22.4 Å². The molecule has 0 aliphatic heterocycles. The quantitative estimate of drug-likeness (QED) is 0.825. The summed E-state index contributed by atoms with van der Waals surface area (Å²) in [6, 6.07) is 5.85. The van der Waals surface area contributed by atoms with Crippen LogP contribution in [0.1, 0.15) is 12.5 Å². The second-order valence-corrected chi connectivity index (χ2v) is 4.84. The van der Waals surface area contributed by atoms with Crippen LogP contribution in [0.4, 0.5) is 5.69 Å². The van der Waals surface area contributed by atoms with Crippen molar-refractivity contribution in [3.63, 3.8) is 0 Å². The molecule has 0 radical (unpaired) electrons. The zero-order chi connectivity index (χ0) is 13.8. The fourth-order valence-corrected chi connectivity index (χ4v) is 2.02. The number of hydrogen-bond donors (Lipinski definition) is 1. The number of aryl methyl sites for hydroxylation is 1. The molecule has 19 heavy (non-hydrogen) atoms. The van der Waals surface area contributed by atoms with Crippen LogP contribution in [0.15, 0.2) is 18.2 Å². The molecule has 0 spiro atoms. The summed E-state index contributed by atoms with van der Waals surface area (Å²) >= 11 is 0. The Bertz CT molecular complexity index is 552. The Balaban J connectivity index is 2.31. The monoisotopic (exact) mass is 261 g/mol. The summed E-state index contributed by atoms with van der Waals surface area (Å²) in [6.07, 6.45) is 0. The van der Waals surface area contributed by atoms with Crippen molar-refractivity contribution in [2.45, 2.75) is 20.4 Å². The van der Waals surface area contributed by atoms with Crippen LogP contribution in [0.25, 0.3) is 11.4 Å². The fourth-order valence-electron chi connectivity index (χ4n) is 2.02. The van der Waals surface area contributed by atoms with Crippen LogP contribution >= 0.6 is 0 Å². The largest absolute Gasteiger partial charge is 0.398 e. The molecule has 0 aliphatic rings. The first-order valence-electron chi connectivity index (χ1n) is 6.23. The van der Waals surface area contributed by atoms with Gasteiger partial charge in [-0.15, -0.1) is 5.10 Å². The number of benzene rings is 1. The Morgan fingerprint density at radius 2 is 2.21 bits per heavy atom. The predicted molar refractivity (Wildman–Crippen MR) is 73.4 cm³/mol. The molecule has 2 N–H and O–H groups in total. The van der Waals surface area contributed by atoms with Crippen molar-refractivity contribution in [3.8, 4) is 11.4 Å². The van der Waals surface area contributed by atoms with Gasteiger partial charge in [0.05, 0.1) is 6.61 Å². The number of rotatable bonds is 5. The molecule has 1 aromatic heterocycles. The summed E-state index contributed by atoms with van der Waals surface area (Å²) in [5, 5.41) is 11.9. The van der Waals surface area contributed by atoms with E-state index < -0.39 is 0 Å². The van der Waals surface area contributed by atoms with E-state index in [0.717, 1.165) is 11.1 Å². The van der Waals surface area contributed by atoms with E-state index in [4.69, 9.17) is 10.5 Å². The zero-order valence-electron chi connectivity index (χ0n) is 11.5. The minimum atomic E-state index is 0.332. The highest BCUT2D eigenvalue weighted by Crippen LogP contribution is 2.24. The summed E-state index contributed by atoms with van der Waals surface area (Å²) in [5.74, 6) is 1.03. The Morgan fingerprint density at radius 1 is 1.42 bits per heavy atom. The van der Waals surface area contributed by atoms with E-state index in [9.17, 15) is 0 Å². The summed E-state index contributed by atoms with van der Waals surface area (Å²) in [6.45, 7) is 5.48. The summed E-state index contributed by atoms with van der Waals surface area (Å²) in [5.41, 5.74) is 8.69. The minimum absolute atomic E-state index is 0.332. The number of hydrogen-bond acceptors (Lipinski definition) is 5. The van der Waals surface area contributed by atoms with E-state index in [1.807, 2.05) is 25.1 Å². The highest BCUT2D eigenvalue weighted by Gasteiger charge is 2.14. The standard InChI is InChI=1S/C13H19N5O/c1-9-4-5-12(14)11(6-9)13-15-16-17-18(13)7-10(2)8-19-3/h4-6,10H,7-8,14H2,1-3H3. The van der Waals surface area contributed by atoms with Gasteiger partial charge in [-0.25, -0.2) is 4.68 Å². The topological polar surface area (TPSA) is 78.8 Å². The summed E-state index contributed by atoms with van der Waals surface area (Å²) in [4.78, 5) is 0. The Kier molecular flexibility index (Phi) is 4.11. The first-order chi connectivity index (χ1) is 9.11. The number of aromatic nitrogens is 4. The normalized spacial score (nSPS) is 12.6. The van der Waals surface area contributed by atoms with Gasteiger partial charge in [-0.3, -0.25) is 0 Å². The molecular weight excluding hydrogens is 242 g/mol. The van der Waals surface area contributed by atoms with Crippen LogP contribution < -0.4 is 5.73 Å². The number of nitrogens with zero attached hydrogens (tertiary/aromatic N) is 4. The van der Waals surface area contributed by atoms with Gasteiger partial charge in [0.1, 0.15) is 0 Å². The third kappa shape index (κ3) is 3.08. The number of ether oxygens (including phenoxy) is 1. The van der Waals surface area contributed by atoms with Crippen LogP contribution in [0.3, 0.4) is 0 Å². The minimum Gasteiger partial charge on any atom is -0.398 e. The molecule has 6 nitrogen and oxygen atoms in total. The van der Waals surface area contributed by atoms with Crippen LogP contribution in [-0.4, -0.2) is 33.9 Å². The molecule has 0 saturated heterocycles. The molecule has 0 aliphatic carbocycles. The van der Waals surface area contributed by atoms with Crippen molar-refractivity contribution in [3.05, 3.63) is 23.8 Å². The molecule has 2 aromatic rings. The molecule has 1 heterocycles. The number of tetrazole rings is 1. The molecule has 1 unspecified atom stereocenters. The summed E-state index contributed by atoms with van der Waals surface area (Å²) < 4.78 is 6.91. The van der Waals surface area contributed by atoms with Crippen molar-refractivity contribution < 1.29 is 4.74 Å². The number of methoxy groups -OCH3 is 1. The van der Waals surface area contributed by atoms with Gasteiger partial charge in [0, 0.05) is 24.9 Å². The highest BCUT2D eigenvalue weighted by atomic mass is 16.5.